The number of halogens is 1. The molecule has 3 heterocycles. The topological polar surface area (TPSA) is 75.9 Å². The Hall–Kier alpha value is -4.05. The monoisotopic (exact) mass is 400 g/mol. The highest BCUT2D eigenvalue weighted by Crippen LogP contribution is 2.35. The van der Waals surface area contributed by atoms with E-state index in [1.165, 1.54) is 12.1 Å². The zero-order valence-electron chi connectivity index (χ0n) is 16.4. The van der Waals surface area contributed by atoms with Gasteiger partial charge in [0.15, 0.2) is 11.5 Å². The Labute approximate surface area is 171 Å². The molecule has 2 aromatic carbocycles. The largest absolute Gasteiger partial charge is 0.454 e. The second kappa shape index (κ2) is 6.78. The smallest absolute Gasteiger partial charge is 0.231 e. The Bertz CT molecular complexity index is 1370. The van der Waals surface area contributed by atoms with Crippen LogP contribution < -0.4 is 9.47 Å². The van der Waals surface area contributed by atoms with Crippen LogP contribution in [-0.2, 0) is 0 Å². The van der Waals surface area contributed by atoms with Crippen LogP contribution in [0.3, 0.4) is 0 Å². The molecule has 2 aromatic heterocycles. The van der Waals surface area contributed by atoms with Crippen molar-refractivity contribution in [2.24, 2.45) is 0 Å². The third-order valence-electron chi connectivity index (χ3n) is 5.20. The number of aryl methyl sites for hydroxylation is 1. The van der Waals surface area contributed by atoms with Crippen LogP contribution in [0.2, 0.25) is 0 Å². The van der Waals surface area contributed by atoms with E-state index in [0.29, 0.717) is 28.2 Å². The maximum absolute atomic E-state index is 13.5. The van der Waals surface area contributed by atoms with Gasteiger partial charge in [0.05, 0.1) is 16.6 Å². The first kappa shape index (κ1) is 18.0. The van der Waals surface area contributed by atoms with Crippen LogP contribution in [0.15, 0.2) is 42.5 Å². The SMILES string of the molecule is Cc1cc(/C=C(/C#N)c2nc3ccc(F)cc3[nH]2)c(C)n1-c1ccc2c(c1)OCO2. The second-order valence-corrected chi connectivity index (χ2v) is 7.12. The van der Waals surface area contributed by atoms with E-state index in [9.17, 15) is 9.65 Å². The molecule has 30 heavy (non-hydrogen) atoms. The number of aromatic amines is 1. The molecule has 0 spiro atoms. The first-order chi connectivity index (χ1) is 14.5. The number of imidazole rings is 1. The molecule has 1 aliphatic heterocycles. The number of nitrogens with one attached hydrogen (secondary N) is 1. The number of rotatable bonds is 3. The van der Waals surface area contributed by atoms with Gasteiger partial charge >= 0.3 is 0 Å². The number of benzene rings is 2. The van der Waals surface area contributed by atoms with Crippen LogP contribution in [0.5, 0.6) is 11.5 Å². The minimum Gasteiger partial charge on any atom is -0.454 e. The zero-order chi connectivity index (χ0) is 20.8. The average molecular weight is 400 g/mol. The molecule has 5 rings (SSSR count). The van der Waals surface area contributed by atoms with E-state index in [1.807, 2.05) is 38.1 Å². The molecular weight excluding hydrogens is 383 g/mol. The van der Waals surface area contributed by atoms with E-state index in [2.05, 4.69) is 20.6 Å². The number of hydrogen-bond acceptors (Lipinski definition) is 4. The van der Waals surface area contributed by atoms with E-state index in [1.54, 1.807) is 12.1 Å². The summed E-state index contributed by atoms with van der Waals surface area (Å²) in [6, 6.07) is 14.3. The standard InChI is InChI=1S/C23H17FN4O2/c1-13-7-15(14(2)28(13)18-4-6-21-22(10-18)30-12-29-21)8-16(11-25)23-26-19-5-3-17(24)9-20(19)27-23/h3-10H,12H2,1-2H3,(H,26,27)/b16-8-. The number of allylic oxidation sites excluding steroid dienone is 1. The Morgan fingerprint density at radius 3 is 2.83 bits per heavy atom. The van der Waals surface area contributed by atoms with Crippen molar-refractivity contribution in [1.29, 1.82) is 5.26 Å². The molecule has 0 unspecified atom stereocenters. The Balaban J connectivity index is 1.57. The number of aromatic nitrogens is 3. The lowest BCUT2D eigenvalue weighted by Gasteiger charge is -2.10. The molecule has 148 valence electrons. The maximum atomic E-state index is 13.5. The van der Waals surface area contributed by atoms with Gasteiger partial charge in [-0.3, -0.25) is 0 Å². The summed E-state index contributed by atoms with van der Waals surface area (Å²) in [4.78, 5) is 7.46. The van der Waals surface area contributed by atoms with Gasteiger partial charge in [-0.2, -0.15) is 5.26 Å². The first-order valence-corrected chi connectivity index (χ1v) is 9.40. The number of nitrogens with zero attached hydrogens (tertiary/aromatic N) is 3. The van der Waals surface area contributed by atoms with E-state index >= 15 is 0 Å². The highest BCUT2D eigenvalue weighted by Gasteiger charge is 2.17. The van der Waals surface area contributed by atoms with Crippen molar-refractivity contribution in [3.63, 3.8) is 0 Å². The normalized spacial score (nSPS) is 13.1. The van der Waals surface area contributed by atoms with Crippen LogP contribution in [0.4, 0.5) is 4.39 Å². The minimum atomic E-state index is -0.354. The van der Waals surface area contributed by atoms with Crippen molar-refractivity contribution < 1.29 is 13.9 Å². The maximum Gasteiger partial charge on any atom is 0.231 e. The summed E-state index contributed by atoms with van der Waals surface area (Å²) in [5.41, 5.74) is 5.37. The molecule has 0 bridgehead atoms. The molecule has 0 fully saturated rings. The predicted octanol–water partition coefficient (Wildman–Crippen LogP) is 4.90. The molecule has 1 aliphatic rings. The van der Waals surface area contributed by atoms with Crippen LogP contribution >= 0.6 is 0 Å². The summed E-state index contributed by atoms with van der Waals surface area (Å²) in [6.45, 7) is 4.22. The van der Waals surface area contributed by atoms with E-state index < -0.39 is 0 Å². The summed E-state index contributed by atoms with van der Waals surface area (Å²) >= 11 is 0. The summed E-state index contributed by atoms with van der Waals surface area (Å²) in [5.74, 6) is 1.50. The molecule has 1 N–H and O–H groups in total. The highest BCUT2D eigenvalue weighted by molar-refractivity contribution is 5.90. The number of H-pyrrole nitrogens is 1. The second-order valence-electron chi connectivity index (χ2n) is 7.12. The Kier molecular flexibility index (Phi) is 4.07. The van der Waals surface area contributed by atoms with Crippen molar-refractivity contribution in [1.82, 2.24) is 14.5 Å². The molecule has 0 radical (unpaired) electrons. The lowest BCUT2D eigenvalue weighted by atomic mass is 10.1. The van der Waals surface area contributed by atoms with Crippen molar-refractivity contribution in [3.8, 4) is 23.3 Å². The fraction of sp³-hybridized carbons (Fsp3) is 0.130. The number of fused-ring (bicyclic) bond motifs is 2. The van der Waals surface area contributed by atoms with Gasteiger partial charge in [0.1, 0.15) is 17.7 Å². The third kappa shape index (κ3) is 2.90. The molecule has 0 atom stereocenters. The van der Waals surface area contributed by atoms with Gasteiger partial charge in [0.2, 0.25) is 6.79 Å². The van der Waals surface area contributed by atoms with E-state index in [4.69, 9.17) is 9.47 Å². The van der Waals surface area contributed by atoms with Gasteiger partial charge in [0.25, 0.3) is 0 Å². The quantitative estimate of drug-likeness (QED) is 0.496. The number of nitriles is 1. The van der Waals surface area contributed by atoms with Crippen molar-refractivity contribution in [2.45, 2.75) is 13.8 Å². The fourth-order valence-electron chi connectivity index (χ4n) is 3.77. The lowest BCUT2D eigenvalue weighted by Crippen LogP contribution is -1.99. The molecule has 0 aliphatic carbocycles. The van der Waals surface area contributed by atoms with Gasteiger partial charge in [0, 0.05) is 23.1 Å². The van der Waals surface area contributed by atoms with Gasteiger partial charge in [-0.25, -0.2) is 9.37 Å². The predicted molar refractivity (Wildman–Crippen MR) is 111 cm³/mol. The molecule has 0 saturated carbocycles. The van der Waals surface area contributed by atoms with Crippen LogP contribution in [0.25, 0.3) is 28.4 Å². The number of hydrogen-bond donors (Lipinski definition) is 1. The van der Waals surface area contributed by atoms with E-state index in [-0.39, 0.29) is 12.6 Å². The minimum absolute atomic E-state index is 0.226. The molecule has 0 saturated heterocycles. The van der Waals surface area contributed by atoms with Crippen LogP contribution in [0, 0.1) is 31.0 Å². The van der Waals surface area contributed by atoms with Gasteiger partial charge in [-0.1, -0.05) is 0 Å². The molecule has 4 aromatic rings. The van der Waals surface area contributed by atoms with Crippen molar-refractivity contribution in [2.75, 3.05) is 6.79 Å². The number of ether oxygens (including phenoxy) is 2. The van der Waals surface area contributed by atoms with E-state index in [0.717, 1.165) is 28.4 Å². The van der Waals surface area contributed by atoms with Crippen molar-refractivity contribution in [3.05, 3.63) is 71.1 Å². The summed E-state index contributed by atoms with van der Waals surface area (Å²) < 4.78 is 26.5. The lowest BCUT2D eigenvalue weighted by molar-refractivity contribution is 0.174. The molecule has 0 amide bonds. The Morgan fingerprint density at radius 2 is 2.00 bits per heavy atom. The van der Waals surface area contributed by atoms with Gasteiger partial charge in [-0.05, 0) is 61.9 Å². The summed E-state index contributed by atoms with van der Waals surface area (Å²) in [5, 5.41) is 9.72. The van der Waals surface area contributed by atoms with Crippen molar-refractivity contribution >= 4 is 22.7 Å². The van der Waals surface area contributed by atoms with Gasteiger partial charge < -0.3 is 19.0 Å². The molecule has 6 nitrogen and oxygen atoms in total. The van der Waals surface area contributed by atoms with Crippen LogP contribution in [0.1, 0.15) is 22.8 Å². The average Bonchev–Trinajstić information content (AvgIpc) is 3.42. The Morgan fingerprint density at radius 1 is 1.17 bits per heavy atom. The zero-order valence-corrected chi connectivity index (χ0v) is 16.4. The first-order valence-electron chi connectivity index (χ1n) is 9.40. The third-order valence-corrected chi connectivity index (χ3v) is 5.20. The molecular formula is C23H17FN4O2. The summed E-state index contributed by atoms with van der Waals surface area (Å²) in [6.07, 6.45) is 1.79. The van der Waals surface area contributed by atoms with Gasteiger partial charge in [-0.15, -0.1) is 0 Å². The fourth-order valence-corrected chi connectivity index (χ4v) is 3.77. The summed E-state index contributed by atoms with van der Waals surface area (Å²) in [7, 11) is 0. The molecule has 7 heteroatoms. The van der Waals surface area contributed by atoms with Crippen LogP contribution in [-0.4, -0.2) is 21.3 Å². The highest BCUT2D eigenvalue weighted by atomic mass is 19.1.